The van der Waals surface area contributed by atoms with E-state index in [1.54, 1.807) is 6.20 Å². The molecule has 0 aliphatic rings. The van der Waals surface area contributed by atoms with Crippen LogP contribution in [0.1, 0.15) is 18.0 Å². The van der Waals surface area contributed by atoms with Crippen LogP contribution in [-0.2, 0) is 0 Å². The maximum atomic E-state index is 5.70. The van der Waals surface area contributed by atoms with Crippen LogP contribution >= 0.6 is 11.6 Å². The lowest BCUT2D eigenvalue weighted by Crippen LogP contribution is -1.90. The van der Waals surface area contributed by atoms with Crippen LogP contribution in [0.15, 0.2) is 18.3 Å². The second kappa shape index (κ2) is 2.78. The van der Waals surface area contributed by atoms with Crippen LogP contribution in [0.3, 0.4) is 0 Å². The van der Waals surface area contributed by atoms with E-state index in [0.29, 0.717) is 0 Å². The maximum Gasteiger partial charge on any atom is 0.0806 e. The van der Waals surface area contributed by atoms with Crippen LogP contribution < -0.4 is 0 Å². The first-order valence-electron chi connectivity index (χ1n) is 2.72. The van der Waals surface area contributed by atoms with Crippen molar-refractivity contribution in [1.82, 2.24) is 10.2 Å². The number of aromatic nitrogens is 2. The highest BCUT2D eigenvalue weighted by Crippen LogP contribution is 2.14. The van der Waals surface area contributed by atoms with Crippen LogP contribution in [0.4, 0.5) is 0 Å². The molecule has 0 radical (unpaired) electrons. The Morgan fingerprint density at radius 1 is 1.67 bits per heavy atom. The van der Waals surface area contributed by atoms with Gasteiger partial charge in [-0.3, -0.25) is 0 Å². The zero-order chi connectivity index (χ0) is 6.69. The average molecular weight is 143 g/mol. The van der Waals surface area contributed by atoms with Crippen LogP contribution in [0, 0.1) is 0 Å². The van der Waals surface area contributed by atoms with Crippen molar-refractivity contribution >= 4 is 11.6 Å². The highest BCUT2D eigenvalue weighted by molar-refractivity contribution is 6.20. The molecule has 0 saturated carbocycles. The summed E-state index contributed by atoms with van der Waals surface area (Å²) in [7, 11) is 0. The van der Waals surface area contributed by atoms with Crippen LogP contribution in [0.2, 0.25) is 0 Å². The third-order valence-corrected chi connectivity index (χ3v) is 1.22. The number of nitrogens with zero attached hydrogens (tertiary/aromatic N) is 2. The molecule has 9 heavy (non-hydrogen) atoms. The minimum atomic E-state index is -0.0429. The fourth-order valence-electron chi connectivity index (χ4n) is 0.526. The summed E-state index contributed by atoms with van der Waals surface area (Å²) >= 11 is 5.70. The highest BCUT2D eigenvalue weighted by Gasteiger charge is 1.99. The first kappa shape index (κ1) is 6.49. The predicted octanol–water partition coefficient (Wildman–Crippen LogP) is 1.78. The Morgan fingerprint density at radius 3 is 2.78 bits per heavy atom. The van der Waals surface area contributed by atoms with E-state index in [4.69, 9.17) is 11.6 Å². The van der Waals surface area contributed by atoms with Gasteiger partial charge < -0.3 is 0 Å². The third kappa shape index (κ3) is 1.64. The van der Waals surface area contributed by atoms with E-state index < -0.39 is 0 Å². The highest BCUT2D eigenvalue weighted by atomic mass is 35.5. The number of rotatable bonds is 1. The molecule has 1 unspecified atom stereocenters. The lowest BCUT2D eigenvalue weighted by molar-refractivity contribution is 0.899. The standard InChI is InChI=1S/C6H7ClN2/c1-5(7)6-3-2-4-8-9-6/h2-5H,1H3. The van der Waals surface area contributed by atoms with Gasteiger partial charge in [-0.1, -0.05) is 0 Å². The van der Waals surface area contributed by atoms with Crippen molar-refractivity contribution in [3.05, 3.63) is 24.0 Å². The Balaban J connectivity index is 2.85. The van der Waals surface area contributed by atoms with Gasteiger partial charge >= 0.3 is 0 Å². The lowest BCUT2D eigenvalue weighted by Gasteiger charge is -1.96. The summed E-state index contributed by atoms with van der Waals surface area (Å²) in [6.45, 7) is 1.87. The largest absolute Gasteiger partial charge is 0.159 e. The second-order valence-corrected chi connectivity index (χ2v) is 2.42. The topological polar surface area (TPSA) is 25.8 Å². The molecule has 3 heteroatoms. The Bertz CT molecular complexity index is 174. The summed E-state index contributed by atoms with van der Waals surface area (Å²) in [6.07, 6.45) is 1.63. The predicted molar refractivity (Wildman–Crippen MR) is 36.3 cm³/mol. The molecular formula is C6H7ClN2. The van der Waals surface area contributed by atoms with Crippen molar-refractivity contribution in [1.29, 1.82) is 0 Å². The minimum absolute atomic E-state index is 0.0429. The van der Waals surface area contributed by atoms with E-state index in [1.165, 1.54) is 0 Å². The molecule has 0 amide bonds. The normalized spacial score (nSPS) is 13.1. The van der Waals surface area contributed by atoms with Gasteiger partial charge in [0.25, 0.3) is 0 Å². The molecule has 0 saturated heterocycles. The molecule has 0 fully saturated rings. The Morgan fingerprint density at radius 2 is 2.44 bits per heavy atom. The second-order valence-electron chi connectivity index (χ2n) is 1.76. The molecule has 0 N–H and O–H groups in total. The van der Waals surface area contributed by atoms with Gasteiger partial charge in [0.15, 0.2) is 0 Å². The summed E-state index contributed by atoms with van der Waals surface area (Å²) in [5.74, 6) is 0. The monoisotopic (exact) mass is 142 g/mol. The molecule has 1 aromatic rings. The maximum absolute atomic E-state index is 5.70. The first-order chi connectivity index (χ1) is 4.30. The fourth-order valence-corrected chi connectivity index (χ4v) is 0.642. The molecule has 1 atom stereocenters. The van der Waals surface area contributed by atoms with Gasteiger partial charge in [0.2, 0.25) is 0 Å². The molecule has 0 aliphatic heterocycles. The van der Waals surface area contributed by atoms with Gasteiger partial charge in [-0.05, 0) is 19.1 Å². The molecule has 0 aromatic carbocycles. The van der Waals surface area contributed by atoms with E-state index in [-0.39, 0.29) is 5.38 Å². The smallest absolute Gasteiger partial charge is 0.0806 e. The van der Waals surface area contributed by atoms with Gasteiger partial charge in [0.05, 0.1) is 11.1 Å². The lowest BCUT2D eigenvalue weighted by atomic mass is 10.3. The minimum Gasteiger partial charge on any atom is -0.159 e. The van der Waals surface area contributed by atoms with Crippen molar-refractivity contribution in [3.63, 3.8) is 0 Å². The van der Waals surface area contributed by atoms with Gasteiger partial charge in [-0.2, -0.15) is 10.2 Å². The Labute approximate surface area is 58.9 Å². The molecule has 2 nitrogen and oxygen atoms in total. The van der Waals surface area contributed by atoms with Crippen molar-refractivity contribution in [2.24, 2.45) is 0 Å². The van der Waals surface area contributed by atoms with Crippen molar-refractivity contribution in [2.45, 2.75) is 12.3 Å². The van der Waals surface area contributed by atoms with E-state index in [9.17, 15) is 0 Å². The Hall–Kier alpha value is -0.630. The van der Waals surface area contributed by atoms with Crippen molar-refractivity contribution < 1.29 is 0 Å². The summed E-state index contributed by atoms with van der Waals surface area (Å²) in [6, 6.07) is 3.67. The number of hydrogen-bond donors (Lipinski definition) is 0. The molecular weight excluding hydrogens is 136 g/mol. The van der Waals surface area contributed by atoms with Gasteiger partial charge in [0, 0.05) is 6.20 Å². The van der Waals surface area contributed by atoms with Gasteiger partial charge in [-0.15, -0.1) is 11.6 Å². The van der Waals surface area contributed by atoms with Crippen LogP contribution in [-0.4, -0.2) is 10.2 Å². The Kier molecular flexibility index (Phi) is 2.01. The van der Waals surface area contributed by atoms with Crippen LogP contribution in [0.25, 0.3) is 0 Å². The average Bonchev–Trinajstić information content (AvgIpc) is 1.90. The van der Waals surface area contributed by atoms with E-state index in [2.05, 4.69) is 10.2 Å². The summed E-state index contributed by atoms with van der Waals surface area (Å²) < 4.78 is 0. The summed E-state index contributed by atoms with van der Waals surface area (Å²) in [5.41, 5.74) is 0.819. The fraction of sp³-hybridized carbons (Fsp3) is 0.333. The molecule has 1 rings (SSSR count). The summed E-state index contributed by atoms with van der Waals surface area (Å²) in [4.78, 5) is 0. The van der Waals surface area contributed by atoms with Crippen LogP contribution in [0.5, 0.6) is 0 Å². The van der Waals surface area contributed by atoms with Gasteiger partial charge in [0.1, 0.15) is 0 Å². The zero-order valence-corrected chi connectivity index (χ0v) is 5.84. The molecule has 48 valence electrons. The first-order valence-corrected chi connectivity index (χ1v) is 3.16. The SMILES string of the molecule is CC(Cl)c1cccnn1. The van der Waals surface area contributed by atoms with Crippen molar-refractivity contribution in [2.75, 3.05) is 0 Å². The molecule has 0 aliphatic carbocycles. The third-order valence-electron chi connectivity index (χ3n) is 1.00. The molecule has 0 spiro atoms. The number of halogens is 1. The van der Waals surface area contributed by atoms with Gasteiger partial charge in [-0.25, -0.2) is 0 Å². The van der Waals surface area contributed by atoms with E-state index in [1.807, 2.05) is 19.1 Å². The van der Waals surface area contributed by atoms with Crippen molar-refractivity contribution in [3.8, 4) is 0 Å². The molecule has 0 bridgehead atoms. The van der Waals surface area contributed by atoms with E-state index in [0.717, 1.165) is 5.69 Å². The number of alkyl halides is 1. The summed E-state index contributed by atoms with van der Waals surface area (Å²) in [5, 5.41) is 7.42. The molecule has 1 aromatic heterocycles. The quantitative estimate of drug-likeness (QED) is 0.559. The zero-order valence-electron chi connectivity index (χ0n) is 5.08. The molecule has 1 heterocycles. The van der Waals surface area contributed by atoms with E-state index >= 15 is 0 Å². The number of hydrogen-bond acceptors (Lipinski definition) is 2.